The van der Waals surface area contributed by atoms with Crippen LogP contribution in [0.1, 0.15) is 66.9 Å². The first-order valence-electron chi connectivity index (χ1n) is 19.8. The van der Waals surface area contributed by atoms with Crippen molar-refractivity contribution < 1.29 is 28.0 Å². The molecule has 1 unspecified atom stereocenters. The molecule has 2 N–H and O–H groups in total. The van der Waals surface area contributed by atoms with Crippen LogP contribution in [0.5, 0.6) is 5.75 Å². The maximum absolute atomic E-state index is 14.6. The van der Waals surface area contributed by atoms with Gasteiger partial charge in [0.25, 0.3) is 5.91 Å². The number of carbonyl (C=O) groups excluding carboxylic acids is 2. The molecule has 1 saturated heterocycles. The van der Waals surface area contributed by atoms with Crippen molar-refractivity contribution in [1.82, 2.24) is 14.9 Å². The predicted molar refractivity (Wildman–Crippen MR) is 211 cm³/mol. The van der Waals surface area contributed by atoms with E-state index in [4.69, 9.17) is 25.8 Å². The number of hydrogen-bond acceptors (Lipinski definition) is 8. The Morgan fingerprint density at radius 1 is 1.17 bits per heavy atom. The fourth-order valence-electron chi connectivity index (χ4n) is 9.45. The van der Waals surface area contributed by atoms with Gasteiger partial charge in [0.05, 0.1) is 37.4 Å². The van der Waals surface area contributed by atoms with E-state index < -0.39 is 21.9 Å². The number of aryl methyl sites for hydroxylation is 1. The van der Waals surface area contributed by atoms with Gasteiger partial charge in [0.1, 0.15) is 15.7 Å². The average molecular weight is 780 g/mol. The second kappa shape index (κ2) is 15.8. The van der Waals surface area contributed by atoms with E-state index in [0.29, 0.717) is 42.1 Å². The van der Waals surface area contributed by atoms with Crippen molar-refractivity contribution in [1.29, 1.82) is 0 Å². The number of rotatable bonds is 5. The van der Waals surface area contributed by atoms with E-state index in [1.807, 2.05) is 25.1 Å². The Hall–Kier alpha value is -3.16. The summed E-state index contributed by atoms with van der Waals surface area (Å²) in [6.07, 6.45) is 10.8. The molecule has 6 aliphatic rings. The lowest BCUT2D eigenvalue weighted by Crippen LogP contribution is -2.49. The van der Waals surface area contributed by atoms with Crippen LogP contribution in [0.15, 0.2) is 52.9 Å². The van der Waals surface area contributed by atoms with E-state index in [-0.39, 0.29) is 29.2 Å². The van der Waals surface area contributed by atoms with Crippen LogP contribution in [0.25, 0.3) is 0 Å². The van der Waals surface area contributed by atoms with Crippen LogP contribution in [-0.2, 0) is 31.2 Å². The first-order valence-corrected chi connectivity index (χ1v) is 21.8. The van der Waals surface area contributed by atoms with E-state index >= 15 is 0 Å². The molecule has 3 amide bonds. The molecular weight excluding hydrogens is 726 g/mol. The Kier molecular flexibility index (Phi) is 11.0. The number of fused-ring (bicyclic) bond motifs is 4. The van der Waals surface area contributed by atoms with Gasteiger partial charge in [-0.25, -0.2) is 9.00 Å². The Balaban J connectivity index is 1.10. The summed E-state index contributed by atoms with van der Waals surface area (Å²) in [6, 6.07) is 11.1. The van der Waals surface area contributed by atoms with Crippen LogP contribution in [0.2, 0.25) is 5.02 Å². The molecule has 0 aromatic heterocycles. The lowest BCUT2D eigenvalue weighted by molar-refractivity contribution is 0.0131. The molecule has 0 radical (unpaired) electrons. The quantitative estimate of drug-likeness (QED) is 0.355. The van der Waals surface area contributed by atoms with Crippen LogP contribution in [0.4, 0.5) is 10.5 Å². The Morgan fingerprint density at radius 2 is 2.02 bits per heavy atom. The van der Waals surface area contributed by atoms with Gasteiger partial charge in [-0.2, -0.15) is 0 Å². The third-order valence-corrected chi connectivity index (χ3v) is 14.8. The zero-order valence-electron chi connectivity index (χ0n) is 31.5. The van der Waals surface area contributed by atoms with E-state index in [0.717, 1.165) is 95.2 Å². The number of nitrogens with zero attached hydrogens (tertiary/aromatic N) is 3. The van der Waals surface area contributed by atoms with Crippen LogP contribution in [0, 0.1) is 23.7 Å². The number of urea groups is 1. The molecule has 8 atom stereocenters. The van der Waals surface area contributed by atoms with Gasteiger partial charge >= 0.3 is 6.03 Å². The van der Waals surface area contributed by atoms with Crippen LogP contribution in [-0.4, -0.2) is 98.6 Å². The summed E-state index contributed by atoms with van der Waals surface area (Å²) >= 11 is 6.47. The molecule has 3 aliphatic heterocycles. The summed E-state index contributed by atoms with van der Waals surface area (Å²) < 4.78 is 39.8. The standard InChI is InChI=1S/C41H54ClN5O6S/c1-27-5-3-7-37(51-2)33-11-8-30(33)23-47-25-41(14-4-6-28-19-32(42)10-12-34(28)41)26-53-38-13-9-29(21-36(38)47)39(48)44-54(50,24-27)45-40(49)43-35-20-31(35)22-46-15-17-52-18-16-46/h3,7,9-10,12-13,19,21,27,30-31,33,35,37H,4-6,8,11,14-18,20,22-26H2,1-2H3,(H2,43,44,45,48,49,50)/b7-3+/t27-,30-,31+,33+,35-,37-,41-,54?/m0/s1. The smallest absolute Gasteiger partial charge is 0.327 e. The minimum Gasteiger partial charge on any atom is -0.490 e. The summed E-state index contributed by atoms with van der Waals surface area (Å²) in [6.45, 7) is 8.12. The molecule has 11 nitrogen and oxygen atoms in total. The van der Waals surface area contributed by atoms with Crippen molar-refractivity contribution >= 4 is 39.1 Å². The Bertz CT molecular complexity index is 1890. The summed E-state index contributed by atoms with van der Waals surface area (Å²) in [5.41, 5.74) is 3.45. The molecule has 13 heteroatoms. The number of methoxy groups -OCH3 is 1. The average Bonchev–Trinajstić information content (AvgIpc) is 3.89. The highest BCUT2D eigenvalue weighted by atomic mass is 35.5. The fraction of sp³-hybridized carbons (Fsp3) is 0.610. The third-order valence-electron chi connectivity index (χ3n) is 12.6. The maximum atomic E-state index is 14.6. The molecule has 3 heterocycles. The normalized spacial score (nSPS) is 34.6. The van der Waals surface area contributed by atoms with Gasteiger partial charge in [0.15, 0.2) is 0 Å². The van der Waals surface area contributed by atoms with Crippen molar-refractivity contribution in [2.45, 2.75) is 69.4 Å². The maximum Gasteiger partial charge on any atom is 0.327 e. The lowest BCUT2D eigenvalue weighted by Gasteiger charge is -2.46. The molecule has 292 valence electrons. The minimum absolute atomic E-state index is 0.00798. The van der Waals surface area contributed by atoms with Gasteiger partial charge in [-0.15, -0.1) is 4.36 Å². The van der Waals surface area contributed by atoms with Crippen molar-refractivity contribution in [2.24, 2.45) is 28.0 Å². The third kappa shape index (κ3) is 8.19. The molecule has 2 saturated carbocycles. The zero-order valence-corrected chi connectivity index (χ0v) is 33.0. The van der Waals surface area contributed by atoms with Gasteiger partial charge in [-0.1, -0.05) is 36.7 Å². The summed E-state index contributed by atoms with van der Waals surface area (Å²) in [5.74, 6) is 1.09. The molecule has 1 spiro atoms. The van der Waals surface area contributed by atoms with E-state index in [1.165, 1.54) is 11.1 Å². The number of nitrogens with one attached hydrogen (secondary N) is 2. The number of allylic oxidation sites excluding steroid dienone is 1. The van der Waals surface area contributed by atoms with Crippen molar-refractivity contribution in [2.75, 3.05) is 70.3 Å². The second-order valence-corrected chi connectivity index (χ2v) is 19.0. The summed E-state index contributed by atoms with van der Waals surface area (Å²) in [4.78, 5) is 32.2. The molecule has 2 aromatic carbocycles. The Labute approximate surface area is 324 Å². The zero-order chi connectivity index (χ0) is 37.5. The van der Waals surface area contributed by atoms with Crippen LogP contribution in [0.3, 0.4) is 0 Å². The number of amides is 3. The van der Waals surface area contributed by atoms with E-state index in [1.54, 1.807) is 13.2 Å². The van der Waals surface area contributed by atoms with Gasteiger partial charge in [0.2, 0.25) is 0 Å². The summed E-state index contributed by atoms with van der Waals surface area (Å²) in [7, 11) is -1.71. The molecule has 3 fully saturated rings. The highest BCUT2D eigenvalue weighted by Crippen LogP contribution is 2.47. The molecule has 54 heavy (non-hydrogen) atoms. The number of benzene rings is 2. The number of hydrogen-bond donors (Lipinski definition) is 2. The molecular formula is C41H54ClN5O6S. The van der Waals surface area contributed by atoms with Gasteiger partial charge in [0, 0.05) is 61.9 Å². The molecule has 2 bridgehead atoms. The number of ether oxygens (including phenoxy) is 3. The first-order chi connectivity index (χ1) is 26.1. The van der Waals surface area contributed by atoms with Crippen LogP contribution >= 0.6 is 11.6 Å². The number of anilines is 1. The highest BCUT2D eigenvalue weighted by Gasteiger charge is 2.45. The van der Waals surface area contributed by atoms with Gasteiger partial charge in [-0.05, 0) is 110 Å². The number of halogens is 1. The second-order valence-electron chi connectivity index (χ2n) is 16.6. The predicted octanol–water partition coefficient (Wildman–Crippen LogP) is 5.99. The van der Waals surface area contributed by atoms with Crippen LogP contribution < -0.4 is 19.7 Å². The van der Waals surface area contributed by atoms with E-state index in [9.17, 15) is 13.8 Å². The van der Waals surface area contributed by atoms with Crippen molar-refractivity contribution in [3.05, 3.63) is 70.3 Å². The van der Waals surface area contributed by atoms with Gasteiger partial charge in [-0.3, -0.25) is 14.4 Å². The largest absolute Gasteiger partial charge is 0.490 e. The number of morpholine rings is 1. The first kappa shape index (κ1) is 37.7. The van der Waals surface area contributed by atoms with E-state index in [2.05, 4.69) is 48.5 Å². The SMILES string of the molecule is CO[C@H]1/C=C/C[C@H](C)CS(=O)(NC(=O)N[C@H]2C[C@@H]2CN2CCOCC2)=NC(=O)c2ccc3c(c2)N(C[C@@H]2CC[C@H]21)C[C@@]1(CCCc2cc(Cl)ccc21)CO3. The highest BCUT2D eigenvalue weighted by molar-refractivity contribution is 7.92. The number of carbonyl (C=O) groups is 2. The monoisotopic (exact) mass is 779 g/mol. The van der Waals surface area contributed by atoms with Gasteiger partial charge < -0.3 is 24.4 Å². The van der Waals surface area contributed by atoms with Crippen molar-refractivity contribution in [3.63, 3.8) is 0 Å². The molecule has 8 rings (SSSR count). The Morgan fingerprint density at radius 3 is 2.81 bits per heavy atom. The lowest BCUT2D eigenvalue weighted by atomic mass is 9.68. The summed E-state index contributed by atoms with van der Waals surface area (Å²) in [5, 5.41) is 3.75. The molecule has 3 aliphatic carbocycles. The topological polar surface area (TPSA) is 122 Å². The molecule has 2 aromatic rings. The fourth-order valence-corrected chi connectivity index (χ4v) is 11.5. The minimum atomic E-state index is -3.49. The van der Waals surface area contributed by atoms with Crippen molar-refractivity contribution in [3.8, 4) is 5.75 Å².